The van der Waals surface area contributed by atoms with E-state index in [4.69, 9.17) is 0 Å². The summed E-state index contributed by atoms with van der Waals surface area (Å²) in [5, 5.41) is 4.29. The monoisotopic (exact) mass is 244 g/mol. The predicted molar refractivity (Wildman–Crippen MR) is 73.2 cm³/mol. The second kappa shape index (κ2) is 4.61. The highest BCUT2D eigenvalue weighted by Crippen LogP contribution is 2.28. The van der Waals surface area contributed by atoms with Crippen molar-refractivity contribution in [3.8, 4) is 0 Å². The number of hydrogen-bond donors (Lipinski definition) is 0. The van der Waals surface area contributed by atoms with Crippen LogP contribution in [0, 0.1) is 0 Å². The van der Waals surface area contributed by atoms with Crippen LogP contribution in [0.4, 0.5) is 5.69 Å². The van der Waals surface area contributed by atoms with Crippen molar-refractivity contribution >= 4 is 5.69 Å². The molecule has 1 aromatic heterocycles. The van der Waals surface area contributed by atoms with Gasteiger partial charge in [-0.1, -0.05) is 6.08 Å². The SMILES string of the molecule is CC1=CC=CC(N2CCCC2)N1c1cnn(C)c1. The second-order valence-corrected chi connectivity index (χ2v) is 5.09. The first-order valence-electron chi connectivity index (χ1n) is 6.63. The van der Waals surface area contributed by atoms with E-state index in [2.05, 4.69) is 46.2 Å². The molecule has 2 aliphatic heterocycles. The van der Waals surface area contributed by atoms with Gasteiger partial charge in [0, 0.05) is 32.0 Å². The summed E-state index contributed by atoms with van der Waals surface area (Å²) in [6, 6.07) is 0. The van der Waals surface area contributed by atoms with Crippen LogP contribution in [-0.4, -0.2) is 33.9 Å². The molecule has 1 saturated heterocycles. The molecule has 0 amide bonds. The maximum absolute atomic E-state index is 4.29. The van der Waals surface area contributed by atoms with Crippen molar-refractivity contribution in [1.29, 1.82) is 0 Å². The van der Waals surface area contributed by atoms with Gasteiger partial charge in [-0.05, 0) is 31.9 Å². The van der Waals surface area contributed by atoms with Crippen molar-refractivity contribution in [1.82, 2.24) is 14.7 Å². The zero-order valence-corrected chi connectivity index (χ0v) is 11.1. The fourth-order valence-corrected chi connectivity index (χ4v) is 2.85. The first-order valence-corrected chi connectivity index (χ1v) is 6.63. The molecule has 4 heteroatoms. The van der Waals surface area contributed by atoms with E-state index in [-0.39, 0.29) is 0 Å². The van der Waals surface area contributed by atoms with Crippen LogP contribution in [-0.2, 0) is 7.05 Å². The highest BCUT2D eigenvalue weighted by atomic mass is 15.4. The minimum absolute atomic E-state index is 0.349. The van der Waals surface area contributed by atoms with E-state index >= 15 is 0 Å². The zero-order valence-electron chi connectivity index (χ0n) is 11.1. The number of aryl methyl sites for hydroxylation is 1. The van der Waals surface area contributed by atoms with E-state index in [1.165, 1.54) is 37.3 Å². The van der Waals surface area contributed by atoms with E-state index < -0.39 is 0 Å². The fourth-order valence-electron chi connectivity index (χ4n) is 2.85. The number of aromatic nitrogens is 2. The highest BCUT2D eigenvalue weighted by Gasteiger charge is 2.28. The quantitative estimate of drug-likeness (QED) is 0.796. The first-order chi connectivity index (χ1) is 8.75. The maximum Gasteiger partial charge on any atom is 0.106 e. The third-order valence-corrected chi connectivity index (χ3v) is 3.75. The minimum Gasteiger partial charge on any atom is -0.323 e. The summed E-state index contributed by atoms with van der Waals surface area (Å²) >= 11 is 0. The van der Waals surface area contributed by atoms with Crippen molar-refractivity contribution in [3.63, 3.8) is 0 Å². The molecule has 3 rings (SSSR count). The highest BCUT2D eigenvalue weighted by molar-refractivity contribution is 5.53. The number of hydrogen-bond acceptors (Lipinski definition) is 3. The number of anilines is 1. The van der Waals surface area contributed by atoms with Crippen LogP contribution in [0.3, 0.4) is 0 Å². The Bertz CT molecular complexity index is 480. The lowest BCUT2D eigenvalue weighted by atomic mass is 10.2. The van der Waals surface area contributed by atoms with Crippen LogP contribution in [0.25, 0.3) is 0 Å². The molecule has 1 unspecified atom stereocenters. The van der Waals surface area contributed by atoms with Crippen molar-refractivity contribution < 1.29 is 0 Å². The molecule has 3 heterocycles. The lowest BCUT2D eigenvalue weighted by Crippen LogP contribution is -2.46. The van der Waals surface area contributed by atoms with Crippen LogP contribution in [0.2, 0.25) is 0 Å². The molecule has 18 heavy (non-hydrogen) atoms. The second-order valence-electron chi connectivity index (χ2n) is 5.09. The Morgan fingerprint density at radius 2 is 2.06 bits per heavy atom. The summed E-state index contributed by atoms with van der Waals surface area (Å²) in [7, 11) is 1.97. The summed E-state index contributed by atoms with van der Waals surface area (Å²) in [6.45, 7) is 4.55. The van der Waals surface area contributed by atoms with Gasteiger partial charge in [0.1, 0.15) is 6.17 Å². The molecule has 0 bridgehead atoms. The Balaban J connectivity index is 1.91. The number of rotatable bonds is 2. The molecule has 1 atom stereocenters. The topological polar surface area (TPSA) is 24.3 Å². The predicted octanol–water partition coefficient (Wildman–Crippen LogP) is 2.12. The molecular weight excluding hydrogens is 224 g/mol. The lowest BCUT2D eigenvalue weighted by Gasteiger charge is -2.38. The third kappa shape index (κ3) is 1.97. The van der Waals surface area contributed by atoms with E-state index in [9.17, 15) is 0 Å². The average Bonchev–Trinajstić information content (AvgIpc) is 2.99. The van der Waals surface area contributed by atoms with Gasteiger partial charge in [0.2, 0.25) is 0 Å². The molecule has 0 aromatic carbocycles. The van der Waals surface area contributed by atoms with Crippen molar-refractivity contribution in [2.45, 2.75) is 25.9 Å². The molecule has 0 saturated carbocycles. The lowest BCUT2D eigenvalue weighted by molar-refractivity contribution is 0.281. The van der Waals surface area contributed by atoms with Gasteiger partial charge in [-0.2, -0.15) is 5.10 Å². The third-order valence-electron chi connectivity index (χ3n) is 3.75. The van der Waals surface area contributed by atoms with Crippen LogP contribution in [0.5, 0.6) is 0 Å². The van der Waals surface area contributed by atoms with Gasteiger partial charge in [0.05, 0.1) is 11.9 Å². The Kier molecular flexibility index (Phi) is 2.96. The molecule has 4 nitrogen and oxygen atoms in total. The van der Waals surface area contributed by atoms with E-state index in [0.717, 1.165) is 0 Å². The molecule has 1 fully saturated rings. The standard InChI is InChI=1S/C14H20N4/c1-12-6-5-7-14(17-8-3-4-9-17)18(12)13-10-15-16(2)11-13/h5-7,10-11,14H,3-4,8-9H2,1-2H3. The number of allylic oxidation sites excluding steroid dienone is 3. The van der Waals surface area contributed by atoms with E-state index in [1.54, 1.807) is 0 Å². The van der Waals surface area contributed by atoms with E-state index in [0.29, 0.717) is 6.17 Å². The van der Waals surface area contributed by atoms with Gasteiger partial charge in [-0.25, -0.2) is 0 Å². The van der Waals surface area contributed by atoms with Gasteiger partial charge in [0.15, 0.2) is 0 Å². The molecule has 96 valence electrons. The summed E-state index contributed by atoms with van der Waals surface area (Å²) in [4.78, 5) is 4.92. The average molecular weight is 244 g/mol. The molecule has 0 spiro atoms. The van der Waals surface area contributed by atoms with Gasteiger partial charge in [-0.15, -0.1) is 0 Å². The minimum atomic E-state index is 0.349. The first kappa shape index (κ1) is 11.5. The van der Waals surface area contributed by atoms with Crippen molar-refractivity contribution in [2.24, 2.45) is 7.05 Å². The Morgan fingerprint density at radius 1 is 1.28 bits per heavy atom. The summed E-state index contributed by atoms with van der Waals surface area (Å²) in [6.07, 6.45) is 13.6. The largest absolute Gasteiger partial charge is 0.323 e. The Hall–Kier alpha value is -1.55. The van der Waals surface area contributed by atoms with Crippen LogP contribution in [0.1, 0.15) is 19.8 Å². The fraction of sp³-hybridized carbons (Fsp3) is 0.500. The van der Waals surface area contributed by atoms with Gasteiger partial charge in [-0.3, -0.25) is 9.58 Å². The summed E-state index contributed by atoms with van der Waals surface area (Å²) < 4.78 is 1.86. The maximum atomic E-state index is 4.29. The molecule has 0 N–H and O–H groups in total. The van der Waals surface area contributed by atoms with Gasteiger partial charge < -0.3 is 4.90 Å². The Morgan fingerprint density at radius 3 is 2.72 bits per heavy atom. The van der Waals surface area contributed by atoms with Crippen molar-refractivity contribution in [2.75, 3.05) is 18.0 Å². The number of likely N-dealkylation sites (tertiary alicyclic amines) is 1. The van der Waals surface area contributed by atoms with Crippen molar-refractivity contribution in [3.05, 3.63) is 36.3 Å². The van der Waals surface area contributed by atoms with E-state index in [1.807, 2.05) is 17.9 Å². The molecule has 2 aliphatic rings. The molecule has 0 radical (unpaired) electrons. The summed E-state index contributed by atoms with van der Waals surface area (Å²) in [5.41, 5.74) is 2.45. The van der Waals surface area contributed by atoms with Crippen LogP contribution < -0.4 is 4.90 Å². The summed E-state index contributed by atoms with van der Waals surface area (Å²) in [5.74, 6) is 0. The van der Waals surface area contributed by atoms with Gasteiger partial charge >= 0.3 is 0 Å². The zero-order chi connectivity index (χ0) is 12.5. The normalized spacial score (nSPS) is 24.7. The smallest absolute Gasteiger partial charge is 0.106 e. The van der Waals surface area contributed by atoms with Crippen LogP contribution in [0.15, 0.2) is 36.3 Å². The Labute approximate surface area is 108 Å². The molecule has 1 aromatic rings. The van der Waals surface area contributed by atoms with Crippen LogP contribution >= 0.6 is 0 Å². The molecule has 0 aliphatic carbocycles. The van der Waals surface area contributed by atoms with Gasteiger partial charge in [0.25, 0.3) is 0 Å². The molecular formula is C14H20N4. The number of nitrogens with zero attached hydrogens (tertiary/aromatic N) is 4.